The number of nitrogens with zero attached hydrogens (tertiary/aromatic N) is 2. The summed E-state index contributed by atoms with van der Waals surface area (Å²) >= 11 is 5.77. The van der Waals surface area contributed by atoms with E-state index in [2.05, 4.69) is 9.72 Å². The number of aromatic nitrogens is 1. The first kappa shape index (κ1) is 28.6. The first-order valence-electron chi connectivity index (χ1n) is 9.97. The maximum absolute atomic E-state index is 14.4. The second-order valence-electron chi connectivity index (χ2n) is 7.51. The molecular weight excluding hydrogens is 557 g/mol. The van der Waals surface area contributed by atoms with Crippen LogP contribution in [0.3, 0.4) is 0 Å². The number of carbonyl (C=O) groups excluding carboxylic acids is 1. The molecule has 38 heavy (non-hydrogen) atoms. The third-order valence-electron chi connectivity index (χ3n) is 4.93. The number of alkyl halides is 7. The van der Waals surface area contributed by atoms with Crippen molar-refractivity contribution in [1.29, 1.82) is 5.26 Å². The smallest absolute Gasteiger partial charge is 0.428 e. The number of rotatable bonds is 7. The molecule has 15 heteroatoms. The zero-order valence-corrected chi connectivity index (χ0v) is 19.0. The number of carbonyl (C=O) groups is 1. The van der Waals surface area contributed by atoms with E-state index in [9.17, 15) is 49.6 Å². The van der Waals surface area contributed by atoms with Crippen molar-refractivity contribution in [3.05, 3.63) is 93.8 Å². The number of hydrogen-bond donors (Lipinski definition) is 1. The Balaban J connectivity index is 2.18. The second kappa shape index (κ2) is 10.4. The highest BCUT2D eigenvalue weighted by molar-refractivity contribution is 6.30. The summed E-state index contributed by atoms with van der Waals surface area (Å²) in [6.45, 7) is 0. The summed E-state index contributed by atoms with van der Waals surface area (Å²) in [5.41, 5.74) is -6.37. The summed E-state index contributed by atoms with van der Waals surface area (Å²) in [6, 6.07) is 6.25. The van der Waals surface area contributed by atoms with Crippen molar-refractivity contribution in [3.63, 3.8) is 0 Å². The van der Waals surface area contributed by atoms with Gasteiger partial charge in [0.15, 0.2) is 5.54 Å². The normalized spacial score (nSPS) is 13.5. The van der Waals surface area contributed by atoms with E-state index in [0.29, 0.717) is 24.3 Å². The monoisotopic (exact) mass is 567 g/mol. The van der Waals surface area contributed by atoms with Crippen molar-refractivity contribution < 1.29 is 49.0 Å². The fourth-order valence-electron chi connectivity index (χ4n) is 3.20. The average Bonchev–Trinajstić information content (AvgIpc) is 2.81. The Bertz CT molecular complexity index is 1390. The fourth-order valence-corrected chi connectivity index (χ4v) is 3.31. The average molecular weight is 568 g/mol. The van der Waals surface area contributed by atoms with E-state index in [4.69, 9.17) is 11.6 Å². The largest absolute Gasteiger partial charge is 0.461 e. The Morgan fingerprint density at radius 1 is 1.03 bits per heavy atom. The van der Waals surface area contributed by atoms with Crippen molar-refractivity contribution in [2.24, 2.45) is 0 Å². The van der Waals surface area contributed by atoms with E-state index < -0.39 is 69.9 Å². The zero-order valence-electron chi connectivity index (χ0n) is 18.3. The topological polar surface area (TPSA) is 75.0 Å². The van der Waals surface area contributed by atoms with Crippen LogP contribution in [0.5, 0.6) is 5.75 Å². The molecule has 2 aromatic carbocycles. The lowest BCUT2D eigenvalue weighted by Gasteiger charge is -2.29. The van der Waals surface area contributed by atoms with Crippen molar-refractivity contribution in [2.75, 3.05) is 0 Å². The Kier molecular flexibility index (Phi) is 7.83. The fraction of sp³-hybridized carbons (Fsp3) is 0.174. The summed E-state index contributed by atoms with van der Waals surface area (Å²) in [5.74, 6) is -5.70. The third kappa shape index (κ3) is 5.94. The van der Waals surface area contributed by atoms with Crippen LogP contribution >= 0.6 is 11.6 Å². The third-order valence-corrected chi connectivity index (χ3v) is 5.15. The van der Waals surface area contributed by atoms with Crippen molar-refractivity contribution >= 4 is 17.5 Å². The van der Waals surface area contributed by atoms with Crippen LogP contribution in [0.4, 0.5) is 39.5 Å². The van der Waals surface area contributed by atoms with Gasteiger partial charge in [-0.2, -0.15) is 36.0 Å². The minimum absolute atomic E-state index is 0.0140. The van der Waals surface area contributed by atoms with Crippen LogP contribution in [0.2, 0.25) is 5.02 Å². The number of pyridine rings is 1. The van der Waals surface area contributed by atoms with E-state index in [-0.39, 0.29) is 17.2 Å². The quantitative estimate of drug-likeness (QED) is 0.332. The standard InChI is InChI=1S/C23H11ClF9N3O2/c24-13-2-4-18(35-9-13)21(10-34,12-6-14(25)8-15(7-12)38-23(32,33)20(27)28)36-19(37)11-1-3-17(26)16(5-11)22(29,30)31/h1-9,20H,(H,36,37)/t21-/m0/s1. The number of nitrogens with one attached hydrogen (secondary N) is 1. The van der Waals surface area contributed by atoms with Gasteiger partial charge in [0.05, 0.1) is 16.3 Å². The second-order valence-corrected chi connectivity index (χ2v) is 7.95. The van der Waals surface area contributed by atoms with Gasteiger partial charge in [-0.1, -0.05) is 11.6 Å². The van der Waals surface area contributed by atoms with Crippen LogP contribution in [0.25, 0.3) is 0 Å². The van der Waals surface area contributed by atoms with Gasteiger partial charge in [-0.25, -0.2) is 8.78 Å². The van der Waals surface area contributed by atoms with Crippen molar-refractivity contribution in [3.8, 4) is 11.8 Å². The number of ether oxygens (including phenoxy) is 1. The summed E-state index contributed by atoms with van der Waals surface area (Å²) in [5, 5.41) is 12.1. The molecule has 0 spiro atoms. The molecule has 3 aromatic rings. The molecule has 1 heterocycles. The minimum Gasteiger partial charge on any atom is -0.428 e. The first-order chi connectivity index (χ1) is 17.6. The lowest BCUT2D eigenvalue weighted by molar-refractivity contribution is -0.253. The Labute approximate surface area is 212 Å². The maximum Gasteiger partial charge on any atom is 0.461 e. The van der Waals surface area contributed by atoms with Crippen molar-refractivity contribution in [1.82, 2.24) is 10.3 Å². The molecule has 1 aromatic heterocycles. The molecule has 1 N–H and O–H groups in total. The lowest BCUT2D eigenvalue weighted by atomic mass is 9.86. The van der Waals surface area contributed by atoms with Gasteiger partial charge in [0, 0.05) is 23.4 Å². The van der Waals surface area contributed by atoms with E-state index in [1.54, 1.807) is 6.07 Å². The van der Waals surface area contributed by atoms with E-state index >= 15 is 0 Å². The van der Waals surface area contributed by atoms with Gasteiger partial charge in [0.1, 0.15) is 23.5 Å². The molecule has 0 fully saturated rings. The molecule has 5 nitrogen and oxygen atoms in total. The number of nitriles is 1. The Morgan fingerprint density at radius 2 is 1.71 bits per heavy atom. The van der Waals surface area contributed by atoms with Gasteiger partial charge in [-0.05, 0) is 42.5 Å². The first-order valence-corrected chi connectivity index (χ1v) is 10.4. The van der Waals surface area contributed by atoms with Crippen LogP contribution in [0, 0.1) is 23.0 Å². The molecule has 0 aliphatic carbocycles. The van der Waals surface area contributed by atoms with Gasteiger partial charge in [0.25, 0.3) is 5.91 Å². The lowest BCUT2D eigenvalue weighted by Crippen LogP contribution is -2.46. The predicted octanol–water partition coefficient (Wildman–Crippen LogP) is 6.47. The molecule has 0 unspecified atom stereocenters. The molecule has 1 amide bonds. The molecule has 0 saturated carbocycles. The van der Waals surface area contributed by atoms with E-state index in [1.165, 1.54) is 0 Å². The zero-order chi connectivity index (χ0) is 28.5. The number of benzene rings is 2. The van der Waals surface area contributed by atoms with Crippen molar-refractivity contribution in [2.45, 2.75) is 24.2 Å². The van der Waals surface area contributed by atoms with Crippen LogP contribution < -0.4 is 10.1 Å². The van der Waals surface area contributed by atoms with E-state index in [1.807, 2.05) is 5.32 Å². The molecule has 0 aliphatic heterocycles. The van der Waals surface area contributed by atoms with Crippen LogP contribution in [0.1, 0.15) is 27.2 Å². The molecule has 200 valence electrons. The molecule has 1 atom stereocenters. The molecule has 3 rings (SSSR count). The summed E-state index contributed by atoms with van der Waals surface area (Å²) < 4.78 is 123. The van der Waals surface area contributed by atoms with Gasteiger partial charge in [0.2, 0.25) is 0 Å². The number of halogens is 10. The molecule has 0 radical (unpaired) electrons. The highest BCUT2D eigenvalue weighted by Gasteiger charge is 2.45. The Morgan fingerprint density at radius 3 is 2.26 bits per heavy atom. The highest BCUT2D eigenvalue weighted by atomic mass is 35.5. The molecular formula is C23H11ClF9N3O2. The van der Waals surface area contributed by atoms with Gasteiger partial charge >= 0.3 is 18.7 Å². The van der Waals surface area contributed by atoms with Crippen LogP contribution in [-0.4, -0.2) is 23.4 Å². The summed E-state index contributed by atoms with van der Waals surface area (Å²) in [4.78, 5) is 16.8. The highest BCUT2D eigenvalue weighted by Crippen LogP contribution is 2.36. The SMILES string of the molecule is N#C[C@](NC(=O)c1ccc(F)c(C(F)(F)F)c1)(c1cc(F)cc(OC(F)(F)C(F)F)c1)c1ccc(Cl)cn1. The number of amides is 1. The number of hydrogen-bond acceptors (Lipinski definition) is 4. The predicted molar refractivity (Wildman–Crippen MR) is 112 cm³/mol. The molecule has 0 bridgehead atoms. The Hall–Kier alpha value is -3.99. The summed E-state index contributed by atoms with van der Waals surface area (Å²) in [7, 11) is 0. The maximum atomic E-state index is 14.4. The van der Waals surface area contributed by atoms with E-state index in [0.717, 1.165) is 18.3 Å². The van der Waals surface area contributed by atoms with Crippen LogP contribution in [0.15, 0.2) is 54.7 Å². The van der Waals surface area contributed by atoms with Gasteiger partial charge < -0.3 is 10.1 Å². The molecule has 0 saturated heterocycles. The minimum atomic E-state index is -5.20. The van der Waals surface area contributed by atoms with Crippen LogP contribution in [-0.2, 0) is 11.7 Å². The molecule has 0 aliphatic rings. The summed E-state index contributed by atoms with van der Waals surface area (Å²) in [6.07, 6.45) is -13.6. The van der Waals surface area contributed by atoms with Gasteiger partial charge in [-0.15, -0.1) is 0 Å². The van der Waals surface area contributed by atoms with Gasteiger partial charge in [-0.3, -0.25) is 9.78 Å².